The minimum Gasteiger partial charge on any atom is -0.477 e. The van der Waals surface area contributed by atoms with Crippen molar-refractivity contribution in [2.75, 3.05) is 19.0 Å². The van der Waals surface area contributed by atoms with Gasteiger partial charge in [0, 0.05) is 7.05 Å². The number of anilines is 1. The Labute approximate surface area is 99.7 Å². The van der Waals surface area contributed by atoms with E-state index in [2.05, 4.69) is 17.2 Å². The quantitative estimate of drug-likeness (QED) is 0.809. The van der Waals surface area contributed by atoms with Gasteiger partial charge in [0.05, 0.1) is 11.6 Å². The maximum Gasteiger partial charge on any atom is 0.234 e. The first-order valence-electron chi connectivity index (χ1n) is 4.85. The lowest BCUT2D eigenvalue weighted by Crippen LogP contribution is -2.01. The van der Waals surface area contributed by atoms with Crippen LogP contribution in [0.25, 0.3) is 0 Å². The van der Waals surface area contributed by atoms with Crippen molar-refractivity contribution < 1.29 is 4.74 Å². The van der Waals surface area contributed by atoms with Crippen molar-refractivity contribution in [3.63, 3.8) is 0 Å². The normalized spacial score (nSPS) is 10.1. The summed E-state index contributed by atoms with van der Waals surface area (Å²) in [7, 11) is 1.75. The SMILES string of the molecule is CCCCOc1nc(NC)c(Cl)cc1Cl. The molecule has 0 radical (unpaired) electrons. The van der Waals surface area contributed by atoms with E-state index in [1.807, 2.05) is 0 Å². The van der Waals surface area contributed by atoms with Crippen LogP contribution in [0.5, 0.6) is 5.88 Å². The first-order valence-corrected chi connectivity index (χ1v) is 5.61. The predicted octanol–water partition coefficient (Wildman–Crippen LogP) is 3.61. The Morgan fingerprint density at radius 3 is 2.73 bits per heavy atom. The third-order valence-electron chi connectivity index (χ3n) is 1.87. The molecule has 0 unspecified atom stereocenters. The first-order chi connectivity index (χ1) is 7.19. The second-order valence-corrected chi connectivity index (χ2v) is 3.87. The van der Waals surface area contributed by atoms with Gasteiger partial charge in [-0.15, -0.1) is 0 Å². The van der Waals surface area contributed by atoms with Crippen LogP contribution in [0.3, 0.4) is 0 Å². The topological polar surface area (TPSA) is 34.1 Å². The van der Waals surface area contributed by atoms with E-state index in [1.165, 1.54) is 0 Å². The molecule has 0 spiro atoms. The number of unbranched alkanes of at least 4 members (excludes halogenated alkanes) is 1. The summed E-state index contributed by atoms with van der Waals surface area (Å²) in [5.74, 6) is 1.01. The third-order valence-corrected chi connectivity index (χ3v) is 2.43. The van der Waals surface area contributed by atoms with Crippen LogP contribution < -0.4 is 10.1 Å². The summed E-state index contributed by atoms with van der Waals surface area (Å²) >= 11 is 11.8. The zero-order valence-electron chi connectivity index (χ0n) is 8.81. The molecule has 3 nitrogen and oxygen atoms in total. The molecule has 0 bridgehead atoms. The van der Waals surface area contributed by atoms with E-state index in [1.54, 1.807) is 13.1 Å². The summed E-state index contributed by atoms with van der Waals surface area (Å²) in [5.41, 5.74) is 0. The second kappa shape index (κ2) is 6.03. The van der Waals surface area contributed by atoms with Crippen molar-refractivity contribution in [1.82, 2.24) is 4.98 Å². The van der Waals surface area contributed by atoms with Gasteiger partial charge in [0.2, 0.25) is 5.88 Å². The highest BCUT2D eigenvalue weighted by atomic mass is 35.5. The van der Waals surface area contributed by atoms with Gasteiger partial charge in [-0.1, -0.05) is 36.5 Å². The molecule has 0 aliphatic heterocycles. The van der Waals surface area contributed by atoms with Gasteiger partial charge in [-0.3, -0.25) is 0 Å². The third kappa shape index (κ3) is 3.43. The van der Waals surface area contributed by atoms with Gasteiger partial charge >= 0.3 is 0 Å². The fourth-order valence-corrected chi connectivity index (χ4v) is 1.55. The molecule has 0 atom stereocenters. The van der Waals surface area contributed by atoms with Crippen LogP contribution in [0.1, 0.15) is 19.8 Å². The van der Waals surface area contributed by atoms with E-state index in [-0.39, 0.29) is 0 Å². The van der Waals surface area contributed by atoms with Crippen LogP contribution in [0.4, 0.5) is 5.82 Å². The van der Waals surface area contributed by atoms with E-state index in [4.69, 9.17) is 27.9 Å². The summed E-state index contributed by atoms with van der Waals surface area (Å²) in [6.45, 7) is 2.72. The summed E-state index contributed by atoms with van der Waals surface area (Å²) in [6, 6.07) is 1.63. The molecule has 1 N–H and O–H groups in total. The summed E-state index contributed by atoms with van der Waals surface area (Å²) in [4.78, 5) is 4.16. The molecule has 0 aliphatic rings. The molecule has 0 aliphatic carbocycles. The second-order valence-electron chi connectivity index (χ2n) is 3.06. The Bertz CT molecular complexity index is 331. The zero-order valence-corrected chi connectivity index (χ0v) is 10.3. The molecule has 1 heterocycles. The van der Waals surface area contributed by atoms with Crippen LogP contribution in [0.2, 0.25) is 10.0 Å². The summed E-state index contributed by atoms with van der Waals surface area (Å²) < 4.78 is 5.43. The molecule has 1 rings (SSSR count). The first kappa shape index (κ1) is 12.4. The Morgan fingerprint density at radius 1 is 1.40 bits per heavy atom. The van der Waals surface area contributed by atoms with Gasteiger partial charge in [-0.2, -0.15) is 4.98 Å². The van der Waals surface area contributed by atoms with E-state index < -0.39 is 0 Å². The van der Waals surface area contributed by atoms with Crippen molar-refractivity contribution >= 4 is 29.0 Å². The highest BCUT2D eigenvalue weighted by Gasteiger charge is 2.08. The summed E-state index contributed by atoms with van der Waals surface area (Å²) in [5, 5.41) is 3.80. The van der Waals surface area contributed by atoms with E-state index in [9.17, 15) is 0 Å². The molecular weight excluding hydrogens is 235 g/mol. The molecule has 0 amide bonds. The van der Waals surface area contributed by atoms with Crippen LogP contribution in [0.15, 0.2) is 6.07 Å². The van der Waals surface area contributed by atoms with E-state index in [0.717, 1.165) is 12.8 Å². The largest absolute Gasteiger partial charge is 0.477 e. The molecule has 0 aromatic carbocycles. The van der Waals surface area contributed by atoms with Gasteiger partial charge in [-0.25, -0.2) is 0 Å². The molecule has 0 saturated carbocycles. The predicted molar refractivity (Wildman–Crippen MR) is 64.2 cm³/mol. The number of pyridine rings is 1. The molecular formula is C10H14Cl2N2O. The van der Waals surface area contributed by atoms with E-state index >= 15 is 0 Å². The number of aromatic nitrogens is 1. The minimum absolute atomic E-state index is 0.430. The van der Waals surface area contributed by atoms with Crippen molar-refractivity contribution in [2.45, 2.75) is 19.8 Å². The Morgan fingerprint density at radius 2 is 2.13 bits per heavy atom. The number of hydrogen-bond acceptors (Lipinski definition) is 3. The number of nitrogens with zero attached hydrogens (tertiary/aromatic N) is 1. The van der Waals surface area contributed by atoms with Crippen LogP contribution in [-0.2, 0) is 0 Å². The molecule has 15 heavy (non-hydrogen) atoms. The average Bonchev–Trinajstić information content (AvgIpc) is 2.21. The number of ether oxygens (including phenoxy) is 1. The van der Waals surface area contributed by atoms with Crippen LogP contribution in [0, 0.1) is 0 Å². The van der Waals surface area contributed by atoms with E-state index in [0.29, 0.717) is 28.3 Å². The highest BCUT2D eigenvalue weighted by Crippen LogP contribution is 2.30. The van der Waals surface area contributed by atoms with Crippen molar-refractivity contribution in [1.29, 1.82) is 0 Å². The maximum atomic E-state index is 5.94. The Hall–Kier alpha value is -0.670. The minimum atomic E-state index is 0.430. The lowest BCUT2D eigenvalue weighted by atomic mass is 10.4. The fraction of sp³-hybridized carbons (Fsp3) is 0.500. The van der Waals surface area contributed by atoms with Crippen LogP contribution in [-0.4, -0.2) is 18.6 Å². The Balaban J connectivity index is 2.78. The maximum absolute atomic E-state index is 5.94. The van der Waals surface area contributed by atoms with Crippen molar-refractivity contribution in [3.05, 3.63) is 16.1 Å². The monoisotopic (exact) mass is 248 g/mol. The van der Waals surface area contributed by atoms with Crippen LogP contribution >= 0.6 is 23.2 Å². The van der Waals surface area contributed by atoms with Gasteiger partial charge in [0.1, 0.15) is 10.8 Å². The molecule has 0 fully saturated rings. The summed E-state index contributed by atoms with van der Waals surface area (Å²) in [6.07, 6.45) is 2.06. The lowest BCUT2D eigenvalue weighted by Gasteiger charge is -2.09. The zero-order chi connectivity index (χ0) is 11.3. The number of rotatable bonds is 5. The smallest absolute Gasteiger partial charge is 0.234 e. The van der Waals surface area contributed by atoms with Gasteiger partial charge in [0.25, 0.3) is 0 Å². The molecule has 1 aromatic heterocycles. The molecule has 5 heteroatoms. The molecule has 1 aromatic rings. The van der Waals surface area contributed by atoms with Crippen molar-refractivity contribution in [3.8, 4) is 5.88 Å². The van der Waals surface area contributed by atoms with Gasteiger partial charge in [-0.05, 0) is 12.5 Å². The standard InChI is InChI=1S/C10H14Cl2N2O/c1-3-4-5-15-10-8(12)6-7(11)9(13-2)14-10/h6H,3-5H2,1-2H3,(H,13,14). The molecule has 84 valence electrons. The van der Waals surface area contributed by atoms with Gasteiger partial charge < -0.3 is 10.1 Å². The molecule has 0 saturated heterocycles. The Kier molecular flexibility index (Phi) is 4.99. The number of hydrogen-bond donors (Lipinski definition) is 1. The van der Waals surface area contributed by atoms with Gasteiger partial charge in [0.15, 0.2) is 0 Å². The lowest BCUT2D eigenvalue weighted by molar-refractivity contribution is 0.298. The van der Waals surface area contributed by atoms with Crippen molar-refractivity contribution in [2.24, 2.45) is 0 Å². The fourth-order valence-electron chi connectivity index (χ4n) is 1.04. The average molecular weight is 249 g/mol. The highest BCUT2D eigenvalue weighted by molar-refractivity contribution is 6.36. The number of nitrogens with one attached hydrogen (secondary N) is 1. The number of halogens is 2.